The maximum absolute atomic E-state index is 9.93. The molecule has 0 aromatic carbocycles. The third kappa shape index (κ3) is 1.81. The van der Waals surface area contributed by atoms with Crippen LogP contribution in [0.5, 0.6) is 5.88 Å². The van der Waals surface area contributed by atoms with Gasteiger partial charge >= 0.3 is 0 Å². The molecule has 0 unspecified atom stereocenters. The minimum absolute atomic E-state index is 0.141. The monoisotopic (exact) mass is 169 g/mol. The molecule has 1 rings (SSSR count). The predicted molar refractivity (Wildman–Crippen MR) is 41.7 cm³/mol. The van der Waals surface area contributed by atoms with Crippen molar-refractivity contribution in [2.75, 3.05) is 0 Å². The Labute approximate surface area is 70.3 Å². The van der Waals surface area contributed by atoms with Crippen molar-refractivity contribution in [3.05, 3.63) is 6.20 Å². The molecule has 0 aliphatic carbocycles. The maximum Gasteiger partial charge on any atom is 0.299 e. The van der Waals surface area contributed by atoms with Gasteiger partial charge in [-0.15, -0.1) is 0 Å². The van der Waals surface area contributed by atoms with Gasteiger partial charge in [-0.2, -0.15) is 0 Å². The Morgan fingerprint density at radius 3 is 2.67 bits per heavy atom. The van der Waals surface area contributed by atoms with Gasteiger partial charge in [-0.25, -0.2) is 4.68 Å². The fraction of sp³-hybridized carbons (Fsp3) is 0.571. The molecule has 0 saturated heterocycles. The quantitative estimate of drug-likeness (QED) is 0.607. The number of nitrogens with zero attached hydrogens (tertiary/aromatic N) is 3. The summed E-state index contributed by atoms with van der Waals surface area (Å²) in [6, 6.07) is 0. The van der Waals surface area contributed by atoms with Gasteiger partial charge in [0, 0.05) is 0 Å². The summed E-state index contributed by atoms with van der Waals surface area (Å²) in [7, 11) is 0. The number of carbonyl (C=O) groups excluding carboxylic acids is 1. The van der Waals surface area contributed by atoms with Crippen molar-refractivity contribution < 1.29 is 9.53 Å². The van der Waals surface area contributed by atoms with E-state index in [2.05, 4.69) is 15.0 Å². The van der Waals surface area contributed by atoms with Crippen LogP contribution in [0, 0.1) is 0 Å². The van der Waals surface area contributed by atoms with Crippen LogP contribution in [0.15, 0.2) is 6.20 Å². The molecule has 0 aliphatic heterocycles. The number of carbonyl (C=O) groups is 1. The first-order valence-corrected chi connectivity index (χ1v) is 3.57. The highest BCUT2D eigenvalue weighted by Crippen LogP contribution is 2.14. The second-order valence-corrected chi connectivity index (χ2v) is 3.39. The summed E-state index contributed by atoms with van der Waals surface area (Å²) in [5.41, 5.74) is -0.141. The second kappa shape index (κ2) is 2.92. The van der Waals surface area contributed by atoms with Gasteiger partial charge in [0.2, 0.25) is 0 Å². The van der Waals surface area contributed by atoms with Gasteiger partial charge in [-0.1, -0.05) is 10.3 Å². The van der Waals surface area contributed by atoms with Crippen molar-refractivity contribution >= 4 is 6.47 Å². The van der Waals surface area contributed by atoms with Gasteiger partial charge in [0.05, 0.1) is 11.7 Å². The van der Waals surface area contributed by atoms with Crippen LogP contribution in [0.3, 0.4) is 0 Å². The molecule has 0 saturated carbocycles. The third-order valence-corrected chi connectivity index (χ3v) is 1.33. The van der Waals surface area contributed by atoms with Gasteiger partial charge in [0.15, 0.2) is 0 Å². The zero-order valence-corrected chi connectivity index (χ0v) is 7.31. The summed E-state index contributed by atoms with van der Waals surface area (Å²) in [5.74, 6) is 0.222. The fourth-order valence-electron chi connectivity index (χ4n) is 0.680. The molecule has 12 heavy (non-hydrogen) atoms. The average Bonchev–Trinajstić information content (AvgIpc) is 2.35. The summed E-state index contributed by atoms with van der Waals surface area (Å²) in [5, 5.41) is 7.42. The van der Waals surface area contributed by atoms with Crippen LogP contribution < -0.4 is 4.74 Å². The summed E-state index contributed by atoms with van der Waals surface area (Å²) in [6.45, 7) is 6.27. The van der Waals surface area contributed by atoms with E-state index in [-0.39, 0.29) is 11.4 Å². The van der Waals surface area contributed by atoms with Crippen molar-refractivity contribution in [1.29, 1.82) is 0 Å². The lowest BCUT2D eigenvalue weighted by Gasteiger charge is -2.17. The molecule has 0 fully saturated rings. The van der Waals surface area contributed by atoms with Crippen molar-refractivity contribution in [2.24, 2.45) is 0 Å². The molecule has 66 valence electrons. The standard InChI is InChI=1S/C7H11N3O2/c1-7(2,3)10-4-6(8-9-10)12-5-11/h4-5H,1-3H3. The number of hydrogen-bond donors (Lipinski definition) is 0. The maximum atomic E-state index is 9.93. The molecule has 0 spiro atoms. The summed E-state index contributed by atoms with van der Waals surface area (Å²) >= 11 is 0. The van der Waals surface area contributed by atoms with Crippen molar-refractivity contribution in [3.8, 4) is 5.88 Å². The normalized spacial score (nSPS) is 11.2. The Morgan fingerprint density at radius 1 is 1.58 bits per heavy atom. The van der Waals surface area contributed by atoms with E-state index in [4.69, 9.17) is 0 Å². The van der Waals surface area contributed by atoms with Crippen molar-refractivity contribution in [3.63, 3.8) is 0 Å². The first-order valence-electron chi connectivity index (χ1n) is 3.57. The number of rotatable bonds is 2. The van der Waals surface area contributed by atoms with Crippen LogP contribution in [0.1, 0.15) is 20.8 Å². The minimum atomic E-state index is -0.141. The smallest absolute Gasteiger partial charge is 0.299 e. The van der Waals surface area contributed by atoms with E-state index < -0.39 is 0 Å². The largest absolute Gasteiger partial charge is 0.406 e. The van der Waals surface area contributed by atoms with E-state index in [9.17, 15) is 4.79 Å². The average molecular weight is 169 g/mol. The van der Waals surface area contributed by atoms with Gasteiger partial charge in [0.1, 0.15) is 0 Å². The molecular formula is C7H11N3O2. The molecule has 1 aromatic heterocycles. The van der Waals surface area contributed by atoms with Crippen molar-refractivity contribution in [1.82, 2.24) is 15.0 Å². The van der Waals surface area contributed by atoms with E-state index in [1.807, 2.05) is 20.8 Å². The highest BCUT2D eigenvalue weighted by molar-refractivity contribution is 5.42. The Hall–Kier alpha value is -1.39. The minimum Gasteiger partial charge on any atom is -0.406 e. The highest BCUT2D eigenvalue weighted by atomic mass is 16.5. The topological polar surface area (TPSA) is 57.0 Å². The fourth-order valence-corrected chi connectivity index (χ4v) is 0.680. The van der Waals surface area contributed by atoms with E-state index in [1.165, 1.54) is 0 Å². The molecule has 1 heterocycles. The lowest BCUT2D eigenvalue weighted by atomic mass is 10.1. The van der Waals surface area contributed by atoms with Crippen LogP contribution in [-0.2, 0) is 10.3 Å². The molecule has 5 nitrogen and oxygen atoms in total. The van der Waals surface area contributed by atoms with E-state index in [0.717, 1.165) is 0 Å². The zero-order chi connectivity index (χ0) is 9.19. The number of aromatic nitrogens is 3. The molecule has 0 radical (unpaired) electrons. The molecule has 1 aromatic rings. The van der Waals surface area contributed by atoms with Crippen LogP contribution in [0.25, 0.3) is 0 Å². The van der Waals surface area contributed by atoms with Gasteiger partial charge in [-0.05, 0) is 20.8 Å². The molecule has 0 N–H and O–H groups in total. The molecular weight excluding hydrogens is 158 g/mol. The first-order chi connectivity index (χ1) is 5.54. The summed E-state index contributed by atoms with van der Waals surface area (Å²) < 4.78 is 6.14. The van der Waals surface area contributed by atoms with Crippen LogP contribution >= 0.6 is 0 Å². The second-order valence-electron chi connectivity index (χ2n) is 3.39. The van der Waals surface area contributed by atoms with E-state index in [1.54, 1.807) is 10.9 Å². The third-order valence-electron chi connectivity index (χ3n) is 1.33. The lowest BCUT2D eigenvalue weighted by molar-refractivity contribution is -0.120. The Morgan fingerprint density at radius 2 is 2.25 bits per heavy atom. The Bertz CT molecular complexity index is 274. The Balaban J connectivity index is 2.84. The van der Waals surface area contributed by atoms with E-state index in [0.29, 0.717) is 6.47 Å². The molecule has 0 bridgehead atoms. The van der Waals surface area contributed by atoms with Crippen LogP contribution in [0.2, 0.25) is 0 Å². The SMILES string of the molecule is CC(C)(C)n1cc(OC=O)nn1. The van der Waals surface area contributed by atoms with Gasteiger partial charge in [0.25, 0.3) is 12.4 Å². The van der Waals surface area contributed by atoms with E-state index >= 15 is 0 Å². The molecule has 0 aliphatic rings. The molecule has 0 amide bonds. The van der Waals surface area contributed by atoms with Crippen LogP contribution in [-0.4, -0.2) is 21.5 Å². The highest BCUT2D eigenvalue weighted by Gasteiger charge is 2.15. The predicted octanol–water partition coefficient (Wildman–Crippen LogP) is 0.568. The Kier molecular flexibility index (Phi) is 2.12. The van der Waals surface area contributed by atoms with Crippen molar-refractivity contribution in [2.45, 2.75) is 26.3 Å². The molecule has 0 atom stereocenters. The summed E-state index contributed by atoms with van der Waals surface area (Å²) in [4.78, 5) is 9.93. The van der Waals surface area contributed by atoms with Gasteiger partial charge < -0.3 is 4.74 Å². The first kappa shape index (κ1) is 8.70. The number of ether oxygens (including phenoxy) is 1. The number of hydrogen-bond acceptors (Lipinski definition) is 4. The molecule has 5 heteroatoms. The summed E-state index contributed by atoms with van der Waals surface area (Å²) in [6.07, 6.45) is 1.58. The van der Waals surface area contributed by atoms with Gasteiger partial charge in [-0.3, -0.25) is 4.79 Å². The lowest BCUT2D eigenvalue weighted by Crippen LogP contribution is -2.22. The van der Waals surface area contributed by atoms with Crippen LogP contribution in [0.4, 0.5) is 0 Å². The zero-order valence-electron chi connectivity index (χ0n) is 7.31.